The number of aryl methyl sites for hydroxylation is 3. The number of hydrogen-bond donors (Lipinski definition) is 1. The number of aromatic nitrogens is 1. The van der Waals surface area contributed by atoms with Crippen LogP contribution in [0, 0.1) is 0 Å². The SMILES string of the molecule is COc1ccccc1CCC(=O)NCCc1nc2c(s1)CCCC2. The van der Waals surface area contributed by atoms with Crippen LogP contribution in [-0.4, -0.2) is 24.5 Å². The number of para-hydroxylation sites is 1. The number of carbonyl (C=O) groups excluding carboxylic acids is 1. The van der Waals surface area contributed by atoms with Gasteiger partial charge in [-0.05, 0) is 43.7 Å². The van der Waals surface area contributed by atoms with Crippen LogP contribution in [0.25, 0.3) is 0 Å². The van der Waals surface area contributed by atoms with Crippen molar-refractivity contribution >= 4 is 17.2 Å². The highest BCUT2D eigenvalue weighted by Gasteiger charge is 2.15. The predicted molar refractivity (Wildman–Crippen MR) is 96.8 cm³/mol. The van der Waals surface area contributed by atoms with E-state index in [1.54, 1.807) is 7.11 Å². The topological polar surface area (TPSA) is 51.2 Å². The molecule has 0 unspecified atom stereocenters. The Balaban J connectivity index is 1.42. The molecule has 0 saturated carbocycles. The minimum Gasteiger partial charge on any atom is -0.496 e. The minimum absolute atomic E-state index is 0.0854. The number of benzene rings is 1. The number of hydrogen-bond acceptors (Lipinski definition) is 4. The third kappa shape index (κ3) is 4.35. The molecule has 1 amide bonds. The summed E-state index contributed by atoms with van der Waals surface area (Å²) in [5, 5.41) is 4.17. The quantitative estimate of drug-likeness (QED) is 0.838. The highest BCUT2D eigenvalue weighted by Crippen LogP contribution is 2.26. The van der Waals surface area contributed by atoms with Crippen molar-refractivity contribution in [2.24, 2.45) is 0 Å². The molecule has 0 atom stereocenters. The largest absolute Gasteiger partial charge is 0.496 e. The van der Waals surface area contributed by atoms with Crippen LogP contribution in [0.5, 0.6) is 5.75 Å². The molecule has 0 bridgehead atoms. The number of ether oxygens (including phenoxy) is 1. The molecule has 0 fully saturated rings. The normalized spacial score (nSPS) is 13.4. The molecule has 24 heavy (non-hydrogen) atoms. The van der Waals surface area contributed by atoms with Gasteiger partial charge < -0.3 is 10.1 Å². The maximum atomic E-state index is 12.0. The molecule has 1 aromatic heterocycles. The molecule has 1 aliphatic rings. The van der Waals surface area contributed by atoms with E-state index in [9.17, 15) is 4.79 Å². The molecule has 128 valence electrons. The monoisotopic (exact) mass is 344 g/mol. The van der Waals surface area contributed by atoms with Gasteiger partial charge in [0.05, 0.1) is 17.8 Å². The number of carbonyl (C=O) groups is 1. The number of rotatable bonds is 7. The summed E-state index contributed by atoms with van der Waals surface area (Å²) < 4.78 is 5.32. The van der Waals surface area contributed by atoms with Gasteiger partial charge in [0.2, 0.25) is 5.91 Å². The van der Waals surface area contributed by atoms with E-state index in [-0.39, 0.29) is 5.91 Å². The second-order valence-electron chi connectivity index (χ2n) is 6.10. The lowest BCUT2D eigenvalue weighted by Gasteiger charge is -2.08. The van der Waals surface area contributed by atoms with Crippen LogP contribution < -0.4 is 10.1 Å². The van der Waals surface area contributed by atoms with E-state index in [0.29, 0.717) is 19.4 Å². The van der Waals surface area contributed by atoms with Gasteiger partial charge in [-0.15, -0.1) is 11.3 Å². The maximum Gasteiger partial charge on any atom is 0.220 e. The molecule has 1 aromatic carbocycles. The smallest absolute Gasteiger partial charge is 0.220 e. The summed E-state index contributed by atoms with van der Waals surface area (Å²) in [5.41, 5.74) is 2.37. The Bertz CT molecular complexity index is 673. The maximum absolute atomic E-state index is 12.0. The summed E-state index contributed by atoms with van der Waals surface area (Å²) in [6.45, 7) is 0.664. The van der Waals surface area contributed by atoms with E-state index in [4.69, 9.17) is 9.72 Å². The predicted octanol–water partition coefficient (Wildman–Crippen LogP) is 3.32. The number of methoxy groups -OCH3 is 1. The molecule has 0 saturated heterocycles. The highest BCUT2D eigenvalue weighted by molar-refractivity contribution is 7.11. The molecule has 0 aliphatic heterocycles. The summed E-state index contributed by atoms with van der Waals surface area (Å²) in [5.74, 6) is 0.931. The summed E-state index contributed by atoms with van der Waals surface area (Å²) in [4.78, 5) is 18.2. The van der Waals surface area contributed by atoms with Crippen LogP contribution in [0.2, 0.25) is 0 Å². The van der Waals surface area contributed by atoms with Crippen molar-refractivity contribution in [3.63, 3.8) is 0 Å². The van der Waals surface area contributed by atoms with Gasteiger partial charge in [0, 0.05) is 24.3 Å². The van der Waals surface area contributed by atoms with Crippen LogP contribution in [-0.2, 0) is 30.5 Å². The first-order valence-electron chi connectivity index (χ1n) is 8.62. The third-order valence-electron chi connectivity index (χ3n) is 4.36. The van der Waals surface area contributed by atoms with Gasteiger partial charge in [-0.1, -0.05) is 18.2 Å². The molecule has 4 nitrogen and oxygen atoms in total. The van der Waals surface area contributed by atoms with Gasteiger partial charge in [-0.3, -0.25) is 4.79 Å². The average molecular weight is 344 g/mol. The van der Waals surface area contributed by atoms with E-state index in [1.165, 1.54) is 29.8 Å². The lowest BCUT2D eigenvalue weighted by molar-refractivity contribution is -0.121. The zero-order chi connectivity index (χ0) is 16.8. The van der Waals surface area contributed by atoms with Crippen LogP contribution in [0.15, 0.2) is 24.3 Å². The number of fused-ring (bicyclic) bond motifs is 1. The third-order valence-corrected chi connectivity index (χ3v) is 5.58. The Labute approximate surface area is 147 Å². The average Bonchev–Trinajstić information content (AvgIpc) is 3.03. The molecule has 5 heteroatoms. The van der Waals surface area contributed by atoms with E-state index in [1.807, 2.05) is 35.6 Å². The number of thiazole rings is 1. The Morgan fingerprint density at radius 2 is 2.08 bits per heavy atom. The molecular formula is C19H24N2O2S. The molecule has 2 aromatic rings. The van der Waals surface area contributed by atoms with E-state index >= 15 is 0 Å². The first-order chi connectivity index (χ1) is 11.8. The van der Waals surface area contributed by atoms with Gasteiger partial charge in [0.25, 0.3) is 0 Å². The second-order valence-corrected chi connectivity index (χ2v) is 7.26. The minimum atomic E-state index is 0.0854. The van der Waals surface area contributed by atoms with Crippen molar-refractivity contribution in [3.8, 4) is 5.75 Å². The van der Waals surface area contributed by atoms with Gasteiger partial charge >= 0.3 is 0 Å². The van der Waals surface area contributed by atoms with Crippen molar-refractivity contribution in [2.45, 2.75) is 44.9 Å². The zero-order valence-corrected chi connectivity index (χ0v) is 15.0. The molecule has 0 spiro atoms. The fourth-order valence-electron chi connectivity index (χ4n) is 3.07. The lowest BCUT2D eigenvalue weighted by Crippen LogP contribution is -2.25. The molecule has 1 aliphatic carbocycles. The van der Waals surface area contributed by atoms with Crippen LogP contribution in [0.4, 0.5) is 0 Å². The Kier molecular flexibility index (Phi) is 5.86. The van der Waals surface area contributed by atoms with E-state index in [2.05, 4.69) is 5.32 Å². The Morgan fingerprint density at radius 3 is 2.92 bits per heavy atom. The molecular weight excluding hydrogens is 320 g/mol. The molecule has 1 N–H and O–H groups in total. The summed E-state index contributed by atoms with van der Waals surface area (Å²) in [6, 6.07) is 7.85. The van der Waals surface area contributed by atoms with E-state index in [0.717, 1.165) is 29.2 Å². The van der Waals surface area contributed by atoms with Crippen LogP contribution in [0.1, 0.15) is 40.4 Å². The second kappa shape index (κ2) is 8.29. The van der Waals surface area contributed by atoms with Gasteiger partial charge in [0.1, 0.15) is 5.75 Å². The van der Waals surface area contributed by atoms with Crippen molar-refractivity contribution in [3.05, 3.63) is 45.4 Å². The Morgan fingerprint density at radius 1 is 1.25 bits per heavy atom. The van der Waals surface area contributed by atoms with E-state index < -0.39 is 0 Å². The number of nitrogens with zero attached hydrogens (tertiary/aromatic N) is 1. The fraction of sp³-hybridized carbons (Fsp3) is 0.474. The highest BCUT2D eigenvalue weighted by atomic mass is 32.1. The van der Waals surface area contributed by atoms with Crippen molar-refractivity contribution in [2.75, 3.05) is 13.7 Å². The van der Waals surface area contributed by atoms with Crippen molar-refractivity contribution in [1.82, 2.24) is 10.3 Å². The first kappa shape index (κ1) is 17.0. The molecule has 0 radical (unpaired) electrons. The number of nitrogens with one attached hydrogen (secondary N) is 1. The lowest BCUT2D eigenvalue weighted by atomic mass is 10.0. The zero-order valence-electron chi connectivity index (χ0n) is 14.1. The fourth-order valence-corrected chi connectivity index (χ4v) is 4.22. The Hall–Kier alpha value is -1.88. The summed E-state index contributed by atoms with van der Waals surface area (Å²) >= 11 is 1.82. The van der Waals surface area contributed by atoms with Crippen LogP contribution in [0.3, 0.4) is 0 Å². The van der Waals surface area contributed by atoms with Gasteiger partial charge in [-0.2, -0.15) is 0 Å². The first-order valence-corrected chi connectivity index (χ1v) is 9.44. The summed E-state index contributed by atoms with van der Waals surface area (Å²) in [7, 11) is 1.66. The van der Waals surface area contributed by atoms with Gasteiger partial charge in [-0.25, -0.2) is 4.98 Å². The molecule has 3 rings (SSSR count). The summed E-state index contributed by atoms with van der Waals surface area (Å²) in [6.07, 6.45) is 6.85. The number of amides is 1. The molecule has 1 heterocycles. The van der Waals surface area contributed by atoms with Gasteiger partial charge in [0.15, 0.2) is 0 Å². The van der Waals surface area contributed by atoms with Crippen molar-refractivity contribution in [1.29, 1.82) is 0 Å². The van der Waals surface area contributed by atoms with Crippen molar-refractivity contribution < 1.29 is 9.53 Å². The standard InChI is InChI=1S/C19H24N2O2S/c1-23-16-8-4-2-6-14(16)10-11-18(22)20-13-12-19-21-15-7-3-5-9-17(15)24-19/h2,4,6,8H,3,5,7,9-13H2,1H3,(H,20,22). The van der Waals surface area contributed by atoms with Crippen LogP contribution >= 0.6 is 11.3 Å².